The number of furan rings is 1. The summed E-state index contributed by atoms with van der Waals surface area (Å²) in [6.07, 6.45) is 2.05. The monoisotopic (exact) mass is 300 g/mol. The van der Waals surface area contributed by atoms with Crippen LogP contribution in [0.4, 0.5) is 0 Å². The minimum Gasteiger partial charge on any atom is -0.457 e. The van der Waals surface area contributed by atoms with Gasteiger partial charge >= 0.3 is 0 Å². The molecule has 0 aromatic carbocycles. The molecule has 6 heteroatoms. The van der Waals surface area contributed by atoms with Gasteiger partial charge in [0.25, 0.3) is 5.91 Å². The second-order valence-corrected chi connectivity index (χ2v) is 4.54. The van der Waals surface area contributed by atoms with Gasteiger partial charge in [0, 0.05) is 13.1 Å². The average Bonchev–Trinajstić information content (AvgIpc) is 2.74. The Morgan fingerprint density at radius 3 is 3.06 bits per heavy atom. The number of nitrogens with one attached hydrogen (secondary N) is 1. The van der Waals surface area contributed by atoms with E-state index < -0.39 is 6.04 Å². The summed E-state index contributed by atoms with van der Waals surface area (Å²) in [5, 5.41) is 2.76. The topological polar surface area (TPSA) is 62.6 Å². The summed E-state index contributed by atoms with van der Waals surface area (Å²) >= 11 is 3.18. The number of amides is 2. The summed E-state index contributed by atoms with van der Waals surface area (Å²) < 4.78 is 5.45. The van der Waals surface area contributed by atoms with Crippen LogP contribution in [0.3, 0.4) is 0 Å². The van der Waals surface area contributed by atoms with E-state index in [1.54, 1.807) is 11.0 Å². The summed E-state index contributed by atoms with van der Waals surface area (Å²) in [6, 6.07) is 1.21. The van der Waals surface area contributed by atoms with Gasteiger partial charge in [0.1, 0.15) is 6.04 Å². The minimum absolute atomic E-state index is 0.0910. The molecule has 1 aromatic heterocycles. The van der Waals surface area contributed by atoms with E-state index in [4.69, 9.17) is 4.42 Å². The zero-order valence-electron chi connectivity index (χ0n) is 9.40. The first-order chi connectivity index (χ1) is 8.15. The molecule has 1 unspecified atom stereocenters. The van der Waals surface area contributed by atoms with Gasteiger partial charge in [-0.3, -0.25) is 9.59 Å². The molecule has 0 spiro atoms. The zero-order valence-corrected chi connectivity index (χ0v) is 11.0. The molecular weight excluding hydrogens is 288 g/mol. The Kier molecular flexibility index (Phi) is 3.51. The maximum atomic E-state index is 12.3. The van der Waals surface area contributed by atoms with Crippen molar-refractivity contribution in [2.24, 2.45) is 0 Å². The molecule has 17 heavy (non-hydrogen) atoms. The van der Waals surface area contributed by atoms with Gasteiger partial charge in [0.15, 0.2) is 4.67 Å². The first-order valence-electron chi connectivity index (χ1n) is 5.46. The highest BCUT2D eigenvalue weighted by Gasteiger charge is 2.33. The van der Waals surface area contributed by atoms with Crippen LogP contribution in [0.1, 0.15) is 23.7 Å². The molecule has 2 amide bonds. The molecule has 5 nitrogen and oxygen atoms in total. The van der Waals surface area contributed by atoms with Crippen LogP contribution < -0.4 is 5.32 Å². The number of piperazine rings is 1. The first-order valence-corrected chi connectivity index (χ1v) is 6.26. The van der Waals surface area contributed by atoms with Crippen LogP contribution >= 0.6 is 15.9 Å². The summed E-state index contributed by atoms with van der Waals surface area (Å²) in [6.45, 7) is 2.91. The van der Waals surface area contributed by atoms with Gasteiger partial charge in [0.2, 0.25) is 5.91 Å². The predicted molar refractivity (Wildman–Crippen MR) is 64.5 cm³/mol. The van der Waals surface area contributed by atoms with E-state index in [2.05, 4.69) is 21.2 Å². The summed E-state index contributed by atoms with van der Waals surface area (Å²) in [7, 11) is 0. The largest absolute Gasteiger partial charge is 0.457 e. The molecule has 1 aliphatic heterocycles. The van der Waals surface area contributed by atoms with Crippen molar-refractivity contribution in [3.8, 4) is 0 Å². The van der Waals surface area contributed by atoms with Crippen molar-refractivity contribution in [2.45, 2.75) is 19.4 Å². The molecule has 0 radical (unpaired) electrons. The third-order valence-electron chi connectivity index (χ3n) is 2.83. The lowest BCUT2D eigenvalue weighted by Crippen LogP contribution is -2.56. The number of nitrogens with zero attached hydrogens (tertiary/aromatic N) is 1. The quantitative estimate of drug-likeness (QED) is 0.898. The molecule has 0 aliphatic carbocycles. The number of carbonyl (C=O) groups is 2. The molecule has 1 saturated heterocycles. The third-order valence-corrected chi connectivity index (χ3v) is 3.44. The first kappa shape index (κ1) is 12.2. The molecule has 92 valence electrons. The van der Waals surface area contributed by atoms with Gasteiger partial charge < -0.3 is 14.6 Å². The highest BCUT2D eigenvalue weighted by atomic mass is 79.9. The number of halogens is 1. The van der Waals surface area contributed by atoms with E-state index in [9.17, 15) is 9.59 Å². The fraction of sp³-hybridized carbons (Fsp3) is 0.455. The Bertz CT molecular complexity index is 444. The fourth-order valence-electron chi connectivity index (χ4n) is 1.96. The van der Waals surface area contributed by atoms with Gasteiger partial charge in [-0.2, -0.15) is 0 Å². The van der Waals surface area contributed by atoms with E-state index in [1.165, 1.54) is 6.26 Å². The zero-order chi connectivity index (χ0) is 12.4. The van der Waals surface area contributed by atoms with Crippen molar-refractivity contribution < 1.29 is 14.0 Å². The standard InChI is InChI=1S/C11H13BrN2O3/c1-2-8-10(15)13-4-5-14(8)11(16)7-3-6-17-9(7)12/h3,6,8H,2,4-5H2,1H3,(H,13,15). The fourth-order valence-corrected chi connectivity index (χ4v) is 2.37. The smallest absolute Gasteiger partial charge is 0.259 e. The van der Waals surface area contributed by atoms with Gasteiger partial charge in [-0.25, -0.2) is 0 Å². The number of hydrogen-bond acceptors (Lipinski definition) is 3. The predicted octanol–water partition coefficient (Wildman–Crippen LogP) is 1.39. The molecule has 1 aliphatic rings. The second kappa shape index (κ2) is 4.91. The molecule has 2 heterocycles. The second-order valence-electron chi connectivity index (χ2n) is 3.82. The van der Waals surface area contributed by atoms with Crippen molar-refractivity contribution in [1.29, 1.82) is 0 Å². The highest BCUT2D eigenvalue weighted by molar-refractivity contribution is 9.10. The maximum absolute atomic E-state index is 12.3. The molecule has 1 fully saturated rings. The lowest BCUT2D eigenvalue weighted by Gasteiger charge is -2.34. The molecule has 1 atom stereocenters. The third kappa shape index (κ3) is 2.22. The molecule has 0 saturated carbocycles. The Labute approximate surface area is 107 Å². The molecule has 2 rings (SSSR count). The minimum atomic E-state index is -0.391. The van der Waals surface area contributed by atoms with Crippen LogP contribution in [0, 0.1) is 0 Å². The Morgan fingerprint density at radius 1 is 1.71 bits per heavy atom. The highest BCUT2D eigenvalue weighted by Crippen LogP contribution is 2.21. The van der Waals surface area contributed by atoms with Crippen molar-refractivity contribution in [1.82, 2.24) is 10.2 Å². The van der Waals surface area contributed by atoms with E-state index in [0.29, 0.717) is 29.7 Å². The van der Waals surface area contributed by atoms with Crippen molar-refractivity contribution in [3.05, 3.63) is 22.6 Å². The van der Waals surface area contributed by atoms with Gasteiger partial charge in [-0.1, -0.05) is 6.92 Å². The summed E-state index contributed by atoms with van der Waals surface area (Å²) in [5.74, 6) is -0.265. The normalized spacial score (nSPS) is 20.2. The van der Waals surface area contributed by atoms with E-state index in [-0.39, 0.29) is 11.8 Å². The maximum Gasteiger partial charge on any atom is 0.259 e. The van der Waals surface area contributed by atoms with E-state index >= 15 is 0 Å². The van der Waals surface area contributed by atoms with Crippen LogP contribution in [-0.4, -0.2) is 35.8 Å². The average molecular weight is 301 g/mol. The van der Waals surface area contributed by atoms with Crippen LogP contribution in [0.5, 0.6) is 0 Å². The SMILES string of the molecule is CCC1C(=O)NCCN1C(=O)c1ccoc1Br. The van der Waals surface area contributed by atoms with Crippen molar-refractivity contribution in [3.63, 3.8) is 0 Å². The van der Waals surface area contributed by atoms with E-state index in [0.717, 1.165) is 0 Å². The Balaban J connectivity index is 2.24. The summed E-state index contributed by atoms with van der Waals surface area (Å²) in [5.41, 5.74) is 0.457. The summed E-state index contributed by atoms with van der Waals surface area (Å²) in [4.78, 5) is 25.5. The van der Waals surface area contributed by atoms with Crippen LogP contribution in [0.2, 0.25) is 0 Å². The lowest BCUT2D eigenvalue weighted by atomic mass is 10.1. The molecular formula is C11H13BrN2O3. The molecule has 1 N–H and O–H groups in total. The Hall–Kier alpha value is -1.30. The number of rotatable bonds is 2. The number of hydrogen-bond donors (Lipinski definition) is 1. The molecule has 1 aromatic rings. The van der Waals surface area contributed by atoms with Crippen molar-refractivity contribution >= 4 is 27.7 Å². The van der Waals surface area contributed by atoms with Crippen molar-refractivity contribution in [2.75, 3.05) is 13.1 Å². The van der Waals surface area contributed by atoms with Gasteiger partial charge in [-0.15, -0.1) is 0 Å². The molecule has 0 bridgehead atoms. The number of carbonyl (C=O) groups excluding carboxylic acids is 2. The van der Waals surface area contributed by atoms with Crippen LogP contribution in [0.25, 0.3) is 0 Å². The van der Waals surface area contributed by atoms with Gasteiger partial charge in [0.05, 0.1) is 11.8 Å². The van der Waals surface area contributed by atoms with Gasteiger partial charge in [-0.05, 0) is 28.4 Å². The lowest BCUT2D eigenvalue weighted by molar-refractivity contribution is -0.127. The Morgan fingerprint density at radius 2 is 2.47 bits per heavy atom. The van der Waals surface area contributed by atoms with E-state index in [1.807, 2.05) is 6.92 Å². The van der Waals surface area contributed by atoms with Crippen LogP contribution in [-0.2, 0) is 4.79 Å². The van der Waals surface area contributed by atoms with Crippen LogP contribution in [0.15, 0.2) is 21.4 Å².